The topological polar surface area (TPSA) is 141 Å². The second-order valence-corrected chi connectivity index (χ2v) is 7.76. The molecule has 0 bridgehead atoms. The Morgan fingerprint density at radius 3 is 2.68 bits per heavy atom. The van der Waals surface area contributed by atoms with E-state index in [-0.39, 0.29) is 36.7 Å². The molecule has 34 heavy (non-hydrogen) atoms. The summed E-state index contributed by atoms with van der Waals surface area (Å²) in [6.07, 6.45) is -1.19. The minimum absolute atomic E-state index is 0.0929. The van der Waals surface area contributed by atoms with Crippen molar-refractivity contribution >= 4 is 29.1 Å². The molecule has 1 aliphatic heterocycles. The zero-order valence-corrected chi connectivity index (χ0v) is 18.2. The Labute approximate surface area is 191 Å². The van der Waals surface area contributed by atoms with E-state index in [2.05, 4.69) is 9.97 Å². The Morgan fingerprint density at radius 2 is 2.00 bits per heavy atom. The lowest BCUT2D eigenvalue weighted by molar-refractivity contribution is -0.153. The van der Waals surface area contributed by atoms with Crippen LogP contribution in [0.25, 0.3) is 11.2 Å². The highest BCUT2D eigenvalue weighted by Crippen LogP contribution is 2.33. The van der Waals surface area contributed by atoms with Gasteiger partial charge in [0.1, 0.15) is 18.2 Å². The number of anilines is 1. The van der Waals surface area contributed by atoms with Crippen molar-refractivity contribution in [2.45, 2.75) is 45.2 Å². The van der Waals surface area contributed by atoms with Gasteiger partial charge in [-0.15, -0.1) is 0 Å². The molecule has 2 N–H and O–H groups in total. The summed E-state index contributed by atoms with van der Waals surface area (Å²) in [5, 5.41) is 0. The fourth-order valence-electron chi connectivity index (χ4n) is 3.85. The van der Waals surface area contributed by atoms with Gasteiger partial charge in [0.25, 0.3) is 0 Å². The van der Waals surface area contributed by atoms with Crippen molar-refractivity contribution in [1.82, 2.24) is 19.1 Å². The molecule has 1 fully saturated rings. The molecule has 0 spiro atoms. The Hall–Kier alpha value is -3.87. The maximum atomic E-state index is 13.7. The molecule has 2 aromatic heterocycles. The first-order valence-electron chi connectivity index (χ1n) is 10.3. The van der Waals surface area contributed by atoms with Crippen LogP contribution in [0.1, 0.15) is 32.1 Å². The third-order valence-electron chi connectivity index (χ3n) is 5.24. The number of nitrogens with two attached hydrogens (primary N) is 1. The molecule has 4 rings (SSSR count). The minimum atomic E-state index is -1.11. The van der Waals surface area contributed by atoms with Crippen molar-refractivity contribution in [3.63, 3.8) is 0 Å². The molecule has 13 heteroatoms. The van der Waals surface area contributed by atoms with Crippen LogP contribution in [0.3, 0.4) is 0 Å². The number of benzene rings is 1. The molecule has 1 saturated heterocycles. The number of nitrogens with zero attached hydrogens (tertiary/aromatic N) is 4. The predicted octanol–water partition coefficient (Wildman–Crippen LogP) is 1.28. The second-order valence-electron chi connectivity index (χ2n) is 7.76. The van der Waals surface area contributed by atoms with Gasteiger partial charge in [0.2, 0.25) is 5.95 Å². The van der Waals surface area contributed by atoms with Gasteiger partial charge in [-0.05, 0) is 17.7 Å². The molecule has 3 heterocycles. The van der Waals surface area contributed by atoms with E-state index in [9.17, 15) is 23.2 Å². The molecule has 0 unspecified atom stereocenters. The van der Waals surface area contributed by atoms with Gasteiger partial charge in [-0.1, -0.05) is 6.07 Å². The molecule has 1 aliphatic rings. The third-order valence-corrected chi connectivity index (χ3v) is 5.24. The summed E-state index contributed by atoms with van der Waals surface area (Å²) in [6.45, 7) is 2.22. The number of imidazole rings is 1. The minimum Gasteiger partial charge on any atom is -0.463 e. The van der Waals surface area contributed by atoms with Gasteiger partial charge in [-0.25, -0.2) is 23.1 Å². The van der Waals surface area contributed by atoms with E-state index in [1.807, 2.05) is 0 Å². The van der Waals surface area contributed by atoms with E-state index < -0.39 is 47.7 Å². The molecular weight excluding hydrogens is 456 g/mol. The van der Waals surface area contributed by atoms with E-state index in [0.29, 0.717) is 5.56 Å². The first-order chi connectivity index (χ1) is 16.1. The predicted molar refractivity (Wildman–Crippen MR) is 112 cm³/mol. The summed E-state index contributed by atoms with van der Waals surface area (Å²) in [4.78, 5) is 44.5. The van der Waals surface area contributed by atoms with Crippen LogP contribution < -0.4 is 11.4 Å². The Kier molecular flexibility index (Phi) is 6.28. The van der Waals surface area contributed by atoms with Crippen LogP contribution in [0.2, 0.25) is 0 Å². The monoisotopic (exact) mass is 477 g/mol. The van der Waals surface area contributed by atoms with Crippen molar-refractivity contribution in [1.29, 1.82) is 0 Å². The first kappa shape index (κ1) is 23.3. The highest BCUT2D eigenvalue weighted by Gasteiger charge is 2.41. The lowest BCUT2D eigenvalue weighted by Crippen LogP contribution is -2.34. The summed E-state index contributed by atoms with van der Waals surface area (Å²) in [7, 11) is 0. The zero-order chi connectivity index (χ0) is 24.6. The number of nitrogen functional groups attached to an aromatic ring is 1. The fraction of sp³-hybridized carbons (Fsp3) is 0.381. The molecule has 3 aromatic rings. The quantitative estimate of drug-likeness (QED) is 0.520. The molecule has 180 valence electrons. The molecule has 0 aliphatic carbocycles. The highest BCUT2D eigenvalue weighted by atomic mass is 19.2. The fourth-order valence-corrected chi connectivity index (χ4v) is 3.85. The number of esters is 2. The maximum Gasteiger partial charge on any atom is 0.332 e. The number of hydrogen-bond acceptors (Lipinski definition) is 9. The van der Waals surface area contributed by atoms with Crippen molar-refractivity contribution in [3.05, 3.63) is 52.1 Å². The van der Waals surface area contributed by atoms with E-state index in [4.69, 9.17) is 19.9 Å². The van der Waals surface area contributed by atoms with Gasteiger partial charge < -0.3 is 19.9 Å². The SMILES string of the molecule is CC(=O)OC[C@@H]1C[C@@H](OC(C)=O)[C@H](n2c(=O)n(Cc3ccc(F)c(F)c3)c3cnc(N)nc32)O1. The summed E-state index contributed by atoms with van der Waals surface area (Å²) < 4.78 is 45.8. The number of ether oxygens (including phenoxy) is 3. The summed E-state index contributed by atoms with van der Waals surface area (Å²) >= 11 is 0. The van der Waals surface area contributed by atoms with Crippen LogP contribution in [-0.4, -0.2) is 49.9 Å². The van der Waals surface area contributed by atoms with Crippen LogP contribution in [0.15, 0.2) is 29.2 Å². The van der Waals surface area contributed by atoms with Gasteiger partial charge >= 0.3 is 17.6 Å². The normalized spacial score (nSPS) is 19.9. The summed E-state index contributed by atoms with van der Waals surface area (Å²) in [5.41, 5.74) is 5.77. The lowest BCUT2D eigenvalue weighted by atomic mass is 10.2. The van der Waals surface area contributed by atoms with Crippen LogP contribution in [0, 0.1) is 11.6 Å². The molecular formula is C21H21F2N5O6. The number of hydrogen-bond donors (Lipinski definition) is 1. The highest BCUT2D eigenvalue weighted by molar-refractivity contribution is 5.72. The van der Waals surface area contributed by atoms with E-state index >= 15 is 0 Å². The van der Waals surface area contributed by atoms with Gasteiger partial charge in [0.05, 0.1) is 18.8 Å². The van der Waals surface area contributed by atoms with Gasteiger partial charge in [-0.2, -0.15) is 4.98 Å². The second kappa shape index (κ2) is 9.17. The van der Waals surface area contributed by atoms with E-state index in [1.165, 1.54) is 30.7 Å². The standard InChI is InChI=1S/C21H21F2N5O6/c1-10(29)32-9-13-6-17(33-11(2)30)19(34-13)28-18-16(7-25-20(24)26-18)27(21(28)31)8-12-3-4-14(22)15(23)5-12/h3-5,7,13,17,19H,6,8-9H2,1-2H3,(H2,24,25,26)/t13-,17+,19+/m0/s1. The molecule has 11 nitrogen and oxygen atoms in total. The van der Waals surface area contributed by atoms with Gasteiger partial charge in [0.15, 0.2) is 23.5 Å². The zero-order valence-electron chi connectivity index (χ0n) is 18.2. The van der Waals surface area contributed by atoms with Crippen molar-refractivity contribution in [3.8, 4) is 0 Å². The number of rotatable bonds is 6. The van der Waals surface area contributed by atoms with Crippen LogP contribution in [0.5, 0.6) is 0 Å². The van der Waals surface area contributed by atoms with Gasteiger partial charge in [-0.3, -0.25) is 14.2 Å². The van der Waals surface area contributed by atoms with Crippen LogP contribution in [0.4, 0.5) is 14.7 Å². The van der Waals surface area contributed by atoms with E-state index in [1.54, 1.807) is 0 Å². The molecule has 0 radical (unpaired) electrons. The Balaban J connectivity index is 1.79. The number of carbonyl (C=O) groups excluding carboxylic acids is 2. The number of halogens is 2. The van der Waals surface area contributed by atoms with Crippen molar-refractivity contribution < 1.29 is 32.6 Å². The van der Waals surface area contributed by atoms with Crippen LogP contribution in [-0.2, 0) is 30.3 Å². The average Bonchev–Trinajstić information content (AvgIpc) is 3.26. The Morgan fingerprint density at radius 1 is 1.24 bits per heavy atom. The largest absolute Gasteiger partial charge is 0.463 e. The first-order valence-corrected chi connectivity index (χ1v) is 10.3. The molecule has 0 amide bonds. The van der Waals surface area contributed by atoms with Crippen molar-refractivity contribution in [2.24, 2.45) is 0 Å². The van der Waals surface area contributed by atoms with Crippen LogP contribution >= 0.6 is 0 Å². The number of aromatic nitrogens is 4. The number of carbonyl (C=O) groups is 2. The Bertz CT molecular complexity index is 1320. The van der Waals surface area contributed by atoms with E-state index in [0.717, 1.165) is 16.7 Å². The summed E-state index contributed by atoms with van der Waals surface area (Å²) in [5.74, 6) is -3.31. The smallest absolute Gasteiger partial charge is 0.332 e. The summed E-state index contributed by atoms with van der Waals surface area (Å²) in [6, 6.07) is 3.28. The molecule has 1 aromatic carbocycles. The average molecular weight is 477 g/mol. The molecule has 0 saturated carbocycles. The number of fused-ring (bicyclic) bond motifs is 1. The van der Waals surface area contributed by atoms with Crippen molar-refractivity contribution in [2.75, 3.05) is 12.3 Å². The molecule has 3 atom stereocenters. The third kappa shape index (κ3) is 4.59. The van der Waals surface area contributed by atoms with Gasteiger partial charge in [0, 0.05) is 20.3 Å². The maximum absolute atomic E-state index is 13.7. The lowest BCUT2D eigenvalue weighted by Gasteiger charge is -2.19.